The quantitative estimate of drug-likeness (QED) is 0.787. The lowest BCUT2D eigenvalue weighted by Crippen LogP contribution is -2.32. The molecule has 0 aliphatic heterocycles. The van der Waals surface area contributed by atoms with Gasteiger partial charge < -0.3 is 10.6 Å². The van der Waals surface area contributed by atoms with Gasteiger partial charge in [-0.1, -0.05) is 31.2 Å². The van der Waals surface area contributed by atoms with Gasteiger partial charge >= 0.3 is 0 Å². The molecule has 0 unspecified atom stereocenters. The van der Waals surface area contributed by atoms with Crippen molar-refractivity contribution in [3.63, 3.8) is 0 Å². The summed E-state index contributed by atoms with van der Waals surface area (Å²) in [6.45, 7) is 4.36. The van der Waals surface area contributed by atoms with Crippen LogP contribution >= 0.6 is 15.9 Å². The molecule has 0 aliphatic rings. The standard InChI is InChI=1S/C19H21BrN2O2/c1-3-13(2)22-18(23)15-8-6-7-14(11-15)12-21-19(24)16-9-4-5-10-17(16)20/h4-11,13H,3,12H2,1-2H3,(H,21,24)(H,22,23)/t13-/m0/s1. The van der Waals surface area contributed by atoms with E-state index in [1.54, 1.807) is 18.2 Å². The first kappa shape index (κ1) is 18.2. The predicted molar refractivity (Wildman–Crippen MR) is 99.0 cm³/mol. The number of carbonyl (C=O) groups is 2. The molecular weight excluding hydrogens is 368 g/mol. The third-order valence-electron chi connectivity index (χ3n) is 3.75. The Morgan fingerprint density at radius 3 is 2.54 bits per heavy atom. The second-order valence-electron chi connectivity index (χ2n) is 5.65. The average molecular weight is 389 g/mol. The van der Waals surface area contributed by atoms with Crippen LogP contribution < -0.4 is 10.6 Å². The van der Waals surface area contributed by atoms with E-state index in [0.717, 1.165) is 16.5 Å². The molecule has 0 saturated carbocycles. The molecule has 2 aromatic carbocycles. The zero-order chi connectivity index (χ0) is 17.5. The Morgan fingerprint density at radius 2 is 1.83 bits per heavy atom. The fourth-order valence-corrected chi connectivity index (χ4v) is 2.62. The van der Waals surface area contributed by atoms with Crippen LogP contribution in [0.15, 0.2) is 53.0 Å². The van der Waals surface area contributed by atoms with E-state index in [4.69, 9.17) is 0 Å². The van der Waals surface area contributed by atoms with Crippen LogP contribution in [0.5, 0.6) is 0 Å². The fraction of sp³-hybridized carbons (Fsp3) is 0.263. The van der Waals surface area contributed by atoms with Gasteiger partial charge in [0.1, 0.15) is 0 Å². The van der Waals surface area contributed by atoms with Gasteiger partial charge in [-0.05, 0) is 59.1 Å². The van der Waals surface area contributed by atoms with Crippen LogP contribution in [0.25, 0.3) is 0 Å². The van der Waals surface area contributed by atoms with E-state index in [2.05, 4.69) is 26.6 Å². The minimum absolute atomic E-state index is 0.0941. The van der Waals surface area contributed by atoms with Crippen molar-refractivity contribution in [3.8, 4) is 0 Å². The predicted octanol–water partition coefficient (Wildman–Crippen LogP) is 3.91. The zero-order valence-electron chi connectivity index (χ0n) is 13.8. The largest absolute Gasteiger partial charge is 0.350 e. The molecule has 2 N–H and O–H groups in total. The van der Waals surface area contributed by atoms with Gasteiger partial charge in [-0.25, -0.2) is 0 Å². The third kappa shape index (κ3) is 4.93. The molecule has 0 saturated heterocycles. The van der Waals surface area contributed by atoms with Crippen LogP contribution in [-0.2, 0) is 6.54 Å². The Labute approximate surface area is 150 Å². The van der Waals surface area contributed by atoms with Crippen molar-refractivity contribution in [2.24, 2.45) is 0 Å². The molecule has 0 radical (unpaired) electrons. The van der Waals surface area contributed by atoms with Crippen molar-refractivity contribution in [2.45, 2.75) is 32.9 Å². The highest BCUT2D eigenvalue weighted by atomic mass is 79.9. The molecule has 0 bridgehead atoms. The molecule has 126 valence electrons. The lowest BCUT2D eigenvalue weighted by molar-refractivity contribution is 0.0936. The van der Waals surface area contributed by atoms with Crippen LogP contribution in [0.3, 0.4) is 0 Å². The summed E-state index contributed by atoms with van der Waals surface area (Å²) in [5, 5.41) is 5.81. The number of hydrogen-bond acceptors (Lipinski definition) is 2. The van der Waals surface area contributed by atoms with Crippen molar-refractivity contribution in [3.05, 3.63) is 69.7 Å². The molecule has 4 nitrogen and oxygen atoms in total. The van der Waals surface area contributed by atoms with Crippen molar-refractivity contribution < 1.29 is 9.59 Å². The molecule has 2 aromatic rings. The number of hydrogen-bond donors (Lipinski definition) is 2. The number of nitrogens with one attached hydrogen (secondary N) is 2. The van der Waals surface area contributed by atoms with E-state index in [1.807, 2.05) is 44.2 Å². The minimum Gasteiger partial charge on any atom is -0.350 e. The van der Waals surface area contributed by atoms with Gasteiger partial charge in [0.25, 0.3) is 11.8 Å². The minimum atomic E-state index is -0.156. The van der Waals surface area contributed by atoms with Crippen molar-refractivity contribution in [1.82, 2.24) is 10.6 Å². The molecule has 0 aliphatic carbocycles. The SMILES string of the molecule is CC[C@H](C)NC(=O)c1cccc(CNC(=O)c2ccccc2Br)c1. The zero-order valence-corrected chi connectivity index (χ0v) is 15.4. The Morgan fingerprint density at radius 1 is 1.08 bits per heavy atom. The Bertz CT molecular complexity index is 731. The summed E-state index contributed by atoms with van der Waals surface area (Å²) in [4.78, 5) is 24.4. The van der Waals surface area contributed by atoms with Gasteiger partial charge in [-0.3, -0.25) is 9.59 Å². The average Bonchev–Trinajstić information content (AvgIpc) is 2.60. The summed E-state index contributed by atoms with van der Waals surface area (Å²) < 4.78 is 0.754. The number of amides is 2. The second-order valence-corrected chi connectivity index (χ2v) is 6.50. The fourth-order valence-electron chi connectivity index (χ4n) is 2.15. The number of benzene rings is 2. The van der Waals surface area contributed by atoms with Gasteiger partial charge in [0.05, 0.1) is 5.56 Å². The summed E-state index contributed by atoms with van der Waals surface area (Å²) >= 11 is 3.37. The first-order chi connectivity index (χ1) is 11.5. The van der Waals surface area contributed by atoms with Crippen LogP contribution in [0, 0.1) is 0 Å². The van der Waals surface area contributed by atoms with E-state index in [0.29, 0.717) is 17.7 Å². The van der Waals surface area contributed by atoms with Gasteiger partial charge in [0.15, 0.2) is 0 Å². The van der Waals surface area contributed by atoms with Crippen LogP contribution in [0.4, 0.5) is 0 Å². The molecular formula is C19H21BrN2O2. The van der Waals surface area contributed by atoms with Gasteiger partial charge in [0.2, 0.25) is 0 Å². The summed E-state index contributed by atoms with van der Waals surface area (Å²) in [5.74, 6) is -0.250. The smallest absolute Gasteiger partial charge is 0.252 e. The second kappa shape index (κ2) is 8.64. The molecule has 2 rings (SSSR count). The monoisotopic (exact) mass is 388 g/mol. The summed E-state index contributed by atoms with van der Waals surface area (Å²) in [5.41, 5.74) is 2.07. The van der Waals surface area contributed by atoms with Crippen LogP contribution in [0.2, 0.25) is 0 Å². The normalized spacial score (nSPS) is 11.6. The maximum absolute atomic E-state index is 12.2. The van der Waals surface area contributed by atoms with Gasteiger partial charge in [-0.2, -0.15) is 0 Å². The van der Waals surface area contributed by atoms with E-state index in [-0.39, 0.29) is 17.9 Å². The summed E-state index contributed by atoms with van der Waals surface area (Å²) in [6, 6.07) is 14.7. The Kier molecular flexibility index (Phi) is 6.55. The summed E-state index contributed by atoms with van der Waals surface area (Å²) in [6.07, 6.45) is 0.882. The van der Waals surface area contributed by atoms with Crippen molar-refractivity contribution in [1.29, 1.82) is 0 Å². The van der Waals surface area contributed by atoms with E-state index in [1.165, 1.54) is 0 Å². The molecule has 0 spiro atoms. The first-order valence-electron chi connectivity index (χ1n) is 7.93. The van der Waals surface area contributed by atoms with E-state index >= 15 is 0 Å². The highest BCUT2D eigenvalue weighted by Crippen LogP contribution is 2.15. The molecule has 0 aromatic heterocycles. The third-order valence-corrected chi connectivity index (χ3v) is 4.44. The van der Waals surface area contributed by atoms with Gasteiger partial charge in [0, 0.05) is 22.6 Å². The Balaban J connectivity index is 2.01. The topological polar surface area (TPSA) is 58.2 Å². The molecule has 2 amide bonds. The molecule has 0 heterocycles. The van der Waals surface area contributed by atoms with Crippen molar-refractivity contribution >= 4 is 27.7 Å². The maximum Gasteiger partial charge on any atom is 0.252 e. The summed E-state index contributed by atoms with van der Waals surface area (Å²) in [7, 11) is 0. The van der Waals surface area contributed by atoms with Crippen molar-refractivity contribution in [2.75, 3.05) is 0 Å². The van der Waals surface area contributed by atoms with Crippen LogP contribution in [-0.4, -0.2) is 17.9 Å². The van der Waals surface area contributed by atoms with E-state index < -0.39 is 0 Å². The lowest BCUT2D eigenvalue weighted by Gasteiger charge is -2.12. The number of rotatable bonds is 6. The lowest BCUT2D eigenvalue weighted by atomic mass is 10.1. The molecule has 0 fully saturated rings. The van der Waals surface area contributed by atoms with Crippen LogP contribution in [0.1, 0.15) is 46.5 Å². The molecule has 1 atom stereocenters. The molecule has 24 heavy (non-hydrogen) atoms. The first-order valence-corrected chi connectivity index (χ1v) is 8.73. The molecule has 5 heteroatoms. The highest BCUT2D eigenvalue weighted by molar-refractivity contribution is 9.10. The number of carbonyl (C=O) groups excluding carboxylic acids is 2. The van der Waals surface area contributed by atoms with E-state index in [9.17, 15) is 9.59 Å². The van der Waals surface area contributed by atoms with Gasteiger partial charge in [-0.15, -0.1) is 0 Å². The Hall–Kier alpha value is -2.14. The maximum atomic E-state index is 12.2. The number of halogens is 1. The highest BCUT2D eigenvalue weighted by Gasteiger charge is 2.11.